The van der Waals surface area contributed by atoms with E-state index in [4.69, 9.17) is 0 Å². The fourth-order valence-electron chi connectivity index (χ4n) is 6.24. The van der Waals surface area contributed by atoms with E-state index >= 15 is 0 Å². The van der Waals surface area contributed by atoms with Gasteiger partial charge in [-0.1, -0.05) is 40.5 Å². The summed E-state index contributed by atoms with van der Waals surface area (Å²) in [5.41, 5.74) is 1.52. The Labute approximate surface area is 164 Å². The van der Waals surface area contributed by atoms with E-state index in [1.165, 1.54) is 83.7 Å². The summed E-state index contributed by atoms with van der Waals surface area (Å²) in [5.74, 6) is 3.00. The standard InChI is InChI=1S/C25H47N/c1-23(2,14-15-25(5,6)26-16-8-7-9-17-26)22-11-10-20(18-22)19-24(3,4)21-12-13-21/h20-22H,7-19H2,1-6H3. The molecular formula is C25H47N. The molecule has 0 aromatic carbocycles. The van der Waals surface area contributed by atoms with Crippen LogP contribution < -0.4 is 0 Å². The minimum atomic E-state index is 0.393. The predicted octanol–water partition coefficient (Wildman–Crippen LogP) is 7.30. The van der Waals surface area contributed by atoms with Crippen molar-refractivity contribution in [3.63, 3.8) is 0 Å². The molecule has 1 nitrogen and oxygen atoms in total. The highest BCUT2D eigenvalue weighted by Crippen LogP contribution is 2.53. The topological polar surface area (TPSA) is 3.24 Å². The van der Waals surface area contributed by atoms with Gasteiger partial charge in [-0.3, -0.25) is 4.90 Å². The Morgan fingerprint density at radius 3 is 1.92 bits per heavy atom. The first-order valence-corrected chi connectivity index (χ1v) is 11.9. The summed E-state index contributed by atoms with van der Waals surface area (Å²) in [6.45, 7) is 17.9. The van der Waals surface area contributed by atoms with Crippen LogP contribution in [-0.2, 0) is 0 Å². The van der Waals surface area contributed by atoms with Gasteiger partial charge >= 0.3 is 0 Å². The predicted molar refractivity (Wildman–Crippen MR) is 114 cm³/mol. The summed E-state index contributed by atoms with van der Waals surface area (Å²) in [6, 6.07) is 0. The molecule has 3 aliphatic rings. The average molecular weight is 362 g/mol. The molecule has 0 spiro atoms. The van der Waals surface area contributed by atoms with Crippen molar-refractivity contribution in [2.45, 2.75) is 118 Å². The highest BCUT2D eigenvalue weighted by atomic mass is 15.2. The molecule has 1 heterocycles. The second-order valence-corrected chi connectivity index (χ2v) is 12.2. The third-order valence-electron chi connectivity index (χ3n) is 8.74. The summed E-state index contributed by atoms with van der Waals surface area (Å²) >= 11 is 0. The molecule has 0 N–H and O–H groups in total. The number of nitrogens with zero attached hydrogens (tertiary/aromatic N) is 1. The molecule has 3 rings (SSSR count). The first-order chi connectivity index (χ1) is 12.1. The van der Waals surface area contributed by atoms with E-state index in [1.807, 2.05) is 0 Å². The van der Waals surface area contributed by atoms with Gasteiger partial charge in [0.05, 0.1) is 0 Å². The van der Waals surface area contributed by atoms with Gasteiger partial charge in [-0.2, -0.15) is 0 Å². The normalized spacial score (nSPS) is 29.3. The Kier molecular flexibility index (Phi) is 6.18. The molecule has 0 amide bonds. The molecule has 2 atom stereocenters. The van der Waals surface area contributed by atoms with Crippen LogP contribution in [0.15, 0.2) is 0 Å². The van der Waals surface area contributed by atoms with E-state index in [0.717, 1.165) is 17.8 Å². The summed E-state index contributed by atoms with van der Waals surface area (Å²) in [6.07, 6.45) is 16.0. The van der Waals surface area contributed by atoms with E-state index in [-0.39, 0.29) is 0 Å². The first-order valence-electron chi connectivity index (χ1n) is 11.9. The lowest BCUT2D eigenvalue weighted by atomic mass is 9.71. The van der Waals surface area contributed by atoms with Crippen LogP contribution in [0.2, 0.25) is 0 Å². The first kappa shape index (κ1) is 20.7. The fraction of sp³-hybridized carbons (Fsp3) is 1.00. The molecule has 3 fully saturated rings. The summed E-state index contributed by atoms with van der Waals surface area (Å²) in [4.78, 5) is 2.78. The summed E-state index contributed by atoms with van der Waals surface area (Å²) in [7, 11) is 0. The molecule has 1 heteroatoms. The van der Waals surface area contributed by atoms with Gasteiger partial charge in [-0.05, 0) is 113 Å². The SMILES string of the molecule is CC(C)(CCC(C)(C)N1CCCCC1)C1CCC(CC(C)(C)C2CC2)C1. The van der Waals surface area contributed by atoms with Gasteiger partial charge in [0.25, 0.3) is 0 Å². The van der Waals surface area contributed by atoms with Crippen molar-refractivity contribution in [3.8, 4) is 0 Å². The quantitative estimate of drug-likeness (QED) is 0.438. The largest absolute Gasteiger partial charge is 0.298 e. The Bertz CT molecular complexity index is 451. The van der Waals surface area contributed by atoms with Gasteiger partial charge in [0.15, 0.2) is 0 Å². The number of likely N-dealkylation sites (tertiary alicyclic amines) is 1. The average Bonchev–Trinajstić information content (AvgIpc) is 3.35. The van der Waals surface area contributed by atoms with Gasteiger partial charge in [0.1, 0.15) is 0 Å². The molecule has 0 radical (unpaired) electrons. The Morgan fingerprint density at radius 1 is 0.692 bits per heavy atom. The maximum Gasteiger partial charge on any atom is 0.0153 e. The van der Waals surface area contributed by atoms with E-state index in [0.29, 0.717) is 16.4 Å². The molecule has 26 heavy (non-hydrogen) atoms. The minimum Gasteiger partial charge on any atom is -0.298 e. The lowest BCUT2D eigenvalue weighted by Gasteiger charge is -2.43. The lowest BCUT2D eigenvalue weighted by molar-refractivity contribution is 0.0655. The monoisotopic (exact) mass is 361 g/mol. The molecule has 2 saturated carbocycles. The van der Waals surface area contributed by atoms with Crippen LogP contribution in [0.1, 0.15) is 112 Å². The molecule has 0 bridgehead atoms. The Balaban J connectivity index is 1.48. The van der Waals surface area contributed by atoms with Crippen molar-refractivity contribution in [3.05, 3.63) is 0 Å². The third-order valence-corrected chi connectivity index (χ3v) is 8.74. The van der Waals surface area contributed by atoms with Crippen LogP contribution >= 0.6 is 0 Å². The van der Waals surface area contributed by atoms with Crippen LogP contribution in [0.5, 0.6) is 0 Å². The lowest BCUT2D eigenvalue weighted by Crippen LogP contribution is -2.47. The molecule has 152 valence electrons. The van der Waals surface area contributed by atoms with Crippen molar-refractivity contribution >= 4 is 0 Å². The molecule has 2 unspecified atom stereocenters. The smallest absolute Gasteiger partial charge is 0.0153 e. The third kappa shape index (κ3) is 5.06. The van der Waals surface area contributed by atoms with Crippen LogP contribution in [0.25, 0.3) is 0 Å². The van der Waals surface area contributed by atoms with Gasteiger partial charge in [-0.15, -0.1) is 0 Å². The Hall–Kier alpha value is -0.0400. The van der Waals surface area contributed by atoms with Crippen molar-refractivity contribution in [2.75, 3.05) is 13.1 Å². The van der Waals surface area contributed by atoms with Crippen molar-refractivity contribution in [1.29, 1.82) is 0 Å². The number of hydrogen-bond acceptors (Lipinski definition) is 1. The van der Waals surface area contributed by atoms with Crippen LogP contribution in [0.3, 0.4) is 0 Å². The van der Waals surface area contributed by atoms with Gasteiger partial charge in [0.2, 0.25) is 0 Å². The maximum absolute atomic E-state index is 2.78. The summed E-state index contributed by atoms with van der Waals surface area (Å²) in [5, 5.41) is 0. The second-order valence-electron chi connectivity index (χ2n) is 12.2. The zero-order chi connectivity index (χ0) is 19.0. The van der Waals surface area contributed by atoms with Gasteiger partial charge in [0, 0.05) is 5.54 Å². The molecule has 2 aliphatic carbocycles. The molecule has 0 aromatic rings. The molecule has 1 aliphatic heterocycles. The van der Waals surface area contributed by atoms with E-state index in [1.54, 1.807) is 0 Å². The van der Waals surface area contributed by atoms with Crippen LogP contribution in [0.4, 0.5) is 0 Å². The second kappa shape index (κ2) is 7.76. The van der Waals surface area contributed by atoms with Gasteiger partial charge < -0.3 is 0 Å². The number of hydrogen-bond donors (Lipinski definition) is 0. The Morgan fingerprint density at radius 2 is 1.31 bits per heavy atom. The molecule has 1 saturated heterocycles. The maximum atomic E-state index is 2.78. The van der Waals surface area contributed by atoms with Crippen molar-refractivity contribution < 1.29 is 0 Å². The minimum absolute atomic E-state index is 0.393. The zero-order valence-electron chi connectivity index (χ0n) is 18.9. The van der Waals surface area contributed by atoms with Crippen LogP contribution in [-0.4, -0.2) is 23.5 Å². The molecular weight excluding hydrogens is 314 g/mol. The summed E-state index contributed by atoms with van der Waals surface area (Å²) < 4.78 is 0. The van der Waals surface area contributed by atoms with Crippen molar-refractivity contribution in [1.82, 2.24) is 4.90 Å². The number of rotatable bonds is 8. The molecule has 0 aromatic heterocycles. The zero-order valence-corrected chi connectivity index (χ0v) is 18.9. The van der Waals surface area contributed by atoms with Crippen LogP contribution in [0, 0.1) is 28.6 Å². The van der Waals surface area contributed by atoms with Crippen molar-refractivity contribution in [2.24, 2.45) is 28.6 Å². The van der Waals surface area contributed by atoms with E-state index < -0.39 is 0 Å². The number of piperidine rings is 1. The fourth-order valence-corrected chi connectivity index (χ4v) is 6.24. The van der Waals surface area contributed by atoms with E-state index in [9.17, 15) is 0 Å². The van der Waals surface area contributed by atoms with E-state index in [2.05, 4.69) is 46.4 Å². The highest BCUT2D eigenvalue weighted by molar-refractivity contribution is 4.94. The highest BCUT2D eigenvalue weighted by Gasteiger charge is 2.43. The van der Waals surface area contributed by atoms with Gasteiger partial charge in [-0.25, -0.2) is 0 Å².